The highest BCUT2D eigenvalue weighted by atomic mass is 19.1. The first-order valence-electron chi connectivity index (χ1n) is 9.23. The first kappa shape index (κ1) is 17.3. The second-order valence-corrected chi connectivity index (χ2v) is 6.63. The van der Waals surface area contributed by atoms with Crippen molar-refractivity contribution in [3.05, 3.63) is 107 Å². The van der Waals surface area contributed by atoms with Crippen molar-refractivity contribution in [2.75, 3.05) is 6.54 Å². The number of hydrogen-bond donors (Lipinski definition) is 2. The van der Waals surface area contributed by atoms with E-state index in [0.717, 1.165) is 5.96 Å². The van der Waals surface area contributed by atoms with E-state index in [4.69, 9.17) is 4.99 Å². The second-order valence-electron chi connectivity index (χ2n) is 6.63. The van der Waals surface area contributed by atoms with Crippen molar-refractivity contribution in [3.63, 3.8) is 0 Å². The Morgan fingerprint density at radius 1 is 0.815 bits per heavy atom. The van der Waals surface area contributed by atoms with Gasteiger partial charge >= 0.3 is 0 Å². The Bertz CT molecular complexity index is 909. The highest BCUT2D eigenvalue weighted by Crippen LogP contribution is 2.35. The number of halogens is 1. The summed E-state index contributed by atoms with van der Waals surface area (Å²) >= 11 is 0. The third-order valence-corrected chi connectivity index (χ3v) is 4.82. The van der Waals surface area contributed by atoms with E-state index in [2.05, 4.69) is 34.9 Å². The molecule has 0 aliphatic carbocycles. The van der Waals surface area contributed by atoms with Gasteiger partial charge in [0.2, 0.25) is 0 Å². The molecule has 0 fully saturated rings. The van der Waals surface area contributed by atoms with Gasteiger partial charge in [-0.3, -0.25) is 0 Å². The smallest absolute Gasteiger partial charge is 0.192 e. The van der Waals surface area contributed by atoms with Crippen LogP contribution in [0.1, 0.15) is 28.8 Å². The Kier molecular flexibility index (Phi) is 5.15. The van der Waals surface area contributed by atoms with Crippen LogP contribution < -0.4 is 10.6 Å². The number of guanidine groups is 1. The fourth-order valence-electron chi connectivity index (χ4n) is 3.43. The molecular weight excluding hydrogens is 337 g/mol. The number of nitrogens with one attached hydrogen (secondary N) is 2. The molecule has 0 amide bonds. The van der Waals surface area contributed by atoms with Crippen molar-refractivity contribution in [1.29, 1.82) is 0 Å². The van der Waals surface area contributed by atoms with Crippen molar-refractivity contribution in [2.24, 2.45) is 4.99 Å². The number of nitrogens with zero attached hydrogens (tertiary/aromatic N) is 1. The average molecular weight is 359 g/mol. The number of hydrogen-bond acceptors (Lipinski definition) is 3. The van der Waals surface area contributed by atoms with E-state index in [0.29, 0.717) is 18.5 Å². The highest BCUT2D eigenvalue weighted by Gasteiger charge is 2.30. The lowest BCUT2D eigenvalue weighted by Crippen LogP contribution is -2.36. The molecule has 1 aliphatic rings. The lowest BCUT2D eigenvalue weighted by atomic mass is 9.95. The summed E-state index contributed by atoms with van der Waals surface area (Å²) in [4.78, 5) is 4.87. The summed E-state index contributed by atoms with van der Waals surface area (Å²) in [5.41, 5.74) is 3.08. The molecule has 0 saturated heterocycles. The van der Waals surface area contributed by atoms with Gasteiger partial charge in [-0.1, -0.05) is 78.9 Å². The van der Waals surface area contributed by atoms with E-state index in [1.165, 1.54) is 17.2 Å². The number of rotatable bonds is 5. The summed E-state index contributed by atoms with van der Waals surface area (Å²) in [7, 11) is 0. The zero-order chi connectivity index (χ0) is 18.5. The molecule has 2 atom stereocenters. The van der Waals surface area contributed by atoms with Gasteiger partial charge in [0.1, 0.15) is 11.9 Å². The van der Waals surface area contributed by atoms with Crippen LogP contribution in [0.4, 0.5) is 4.39 Å². The minimum atomic E-state index is -0.162. The molecule has 0 spiro atoms. The van der Waals surface area contributed by atoms with Crippen LogP contribution in [0.2, 0.25) is 0 Å². The van der Waals surface area contributed by atoms with E-state index in [1.54, 1.807) is 6.07 Å². The van der Waals surface area contributed by atoms with Crippen LogP contribution in [0.25, 0.3) is 0 Å². The van der Waals surface area contributed by atoms with Crippen LogP contribution in [0.15, 0.2) is 89.9 Å². The van der Waals surface area contributed by atoms with E-state index >= 15 is 0 Å². The molecule has 0 bridgehead atoms. The molecule has 3 aromatic carbocycles. The van der Waals surface area contributed by atoms with Gasteiger partial charge in [-0.2, -0.15) is 0 Å². The molecule has 2 N–H and O–H groups in total. The monoisotopic (exact) mass is 359 g/mol. The minimum absolute atomic E-state index is 0.00422. The van der Waals surface area contributed by atoms with Gasteiger partial charge in [-0.05, 0) is 29.2 Å². The van der Waals surface area contributed by atoms with Crippen molar-refractivity contribution >= 4 is 5.96 Å². The Balaban J connectivity index is 1.49. The number of benzene rings is 3. The van der Waals surface area contributed by atoms with Crippen molar-refractivity contribution in [2.45, 2.75) is 18.5 Å². The van der Waals surface area contributed by atoms with Gasteiger partial charge in [0.05, 0.1) is 6.04 Å². The Hall–Kier alpha value is -3.14. The predicted molar refractivity (Wildman–Crippen MR) is 107 cm³/mol. The van der Waals surface area contributed by atoms with Crippen LogP contribution in [-0.2, 0) is 6.42 Å². The molecule has 136 valence electrons. The maximum absolute atomic E-state index is 13.8. The maximum atomic E-state index is 13.8. The minimum Gasteiger partial charge on any atom is -0.356 e. The molecule has 0 radical (unpaired) electrons. The predicted octanol–water partition coefficient (Wildman–Crippen LogP) is 4.40. The fraction of sp³-hybridized carbons (Fsp3) is 0.174. The third kappa shape index (κ3) is 4.00. The lowest BCUT2D eigenvalue weighted by Gasteiger charge is -2.19. The SMILES string of the molecule is Fc1ccccc1CCNC1=NC(c2ccccc2)C(c2ccccc2)N1. The van der Waals surface area contributed by atoms with Gasteiger partial charge in [0, 0.05) is 6.54 Å². The Labute approximate surface area is 159 Å². The molecule has 1 aliphatic heterocycles. The van der Waals surface area contributed by atoms with Gasteiger partial charge in [-0.25, -0.2) is 9.38 Å². The Morgan fingerprint density at radius 2 is 1.44 bits per heavy atom. The zero-order valence-electron chi connectivity index (χ0n) is 15.0. The van der Waals surface area contributed by atoms with Gasteiger partial charge in [0.15, 0.2) is 5.96 Å². The first-order valence-corrected chi connectivity index (χ1v) is 9.23. The van der Waals surface area contributed by atoms with E-state index in [9.17, 15) is 4.39 Å². The molecule has 1 heterocycles. The van der Waals surface area contributed by atoms with Gasteiger partial charge in [-0.15, -0.1) is 0 Å². The highest BCUT2D eigenvalue weighted by molar-refractivity contribution is 5.82. The Morgan fingerprint density at radius 3 is 2.15 bits per heavy atom. The van der Waals surface area contributed by atoms with Crippen molar-refractivity contribution in [1.82, 2.24) is 10.6 Å². The molecule has 3 nitrogen and oxygen atoms in total. The zero-order valence-corrected chi connectivity index (χ0v) is 15.0. The largest absolute Gasteiger partial charge is 0.356 e. The topological polar surface area (TPSA) is 36.4 Å². The van der Waals surface area contributed by atoms with Crippen molar-refractivity contribution in [3.8, 4) is 0 Å². The quantitative estimate of drug-likeness (QED) is 0.708. The van der Waals surface area contributed by atoms with Gasteiger partial charge in [0.25, 0.3) is 0 Å². The summed E-state index contributed by atoms with van der Waals surface area (Å²) < 4.78 is 13.8. The molecule has 4 rings (SSSR count). The molecule has 4 heteroatoms. The fourth-order valence-corrected chi connectivity index (χ4v) is 3.43. The molecular formula is C23H22FN3. The van der Waals surface area contributed by atoms with E-state index in [1.807, 2.05) is 48.5 Å². The number of aliphatic imine (C=N–C) groups is 1. The summed E-state index contributed by atoms with van der Waals surface area (Å²) in [5.74, 6) is 0.596. The second kappa shape index (κ2) is 8.04. The van der Waals surface area contributed by atoms with Gasteiger partial charge < -0.3 is 10.6 Å². The van der Waals surface area contributed by atoms with Crippen molar-refractivity contribution < 1.29 is 4.39 Å². The summed E-state index contributed by atoms with van der Waals surface area (Å²) in [6.07, 6.45) is 0.610. The summed E-state index contributed by atoms with van der Waals surface area (Å²) in [6.45, 7) is 0.621. The van der Waals surface area contributed by atoms with Crippen LogP contribution in [0.5, 0.6) is 0 Å². The van der Waals surface area contributed by atoms with Crippen LogP contribution >= 0.6 is 0 Å². The standard InChI is InChI=1S/C23H22FN3/c24-20-14-8-7-9-17(20)15-16-25-23-26-21(18-10-3-1-4-11-18)22(27-23)19-12-5-2-6-13-19/h1-14,21-22H,15-16H2,(H2,25,26,27). The third-order valence-electron chi connectivity index (χ3n) is 4.82. The summed E-state index contributed by atoms with van der Waals surface area (Å²) in [6, 6.07) is 27.6. The van der Waals surface area contributed by atoms with E-state index in [-0.39, 0.29) is 17.9 Å². The molecule has 0 saturated carbocycles. The summed E-state index contributed by atoms with van der Waals surface area (Å²) in [5, 5.41) is 6.83. The molecule has 3 aromatic rings. The van der Waals surface area contributed by atoms with Crippen LogP contribution in [0, 0.1) is 5.82 Å². The molecule has 27 heavy (non-hydrogen) atoms. The first-order chi connectivity index (χ1) is 13.3. The maximum Gasteiger partial charge on any atom is 0.192 e. The lowest BCUT2D eigenvalue weighted by molar-refractivity contribution is 0.570. The van der Waals surface area contributed by atoms with E-state index < -0.39 is 0 Å². The van der Waals surface area contributed by atoms with Crippen LogP contribution in [-0.4, -0.2) is 12.5 Å². The molecule has 2 unspecified atom stereocenters. The molecule has 0 aromatic heterocycles. The van der Waals surface area contributed by atoms with Crippen LogP contribution in [0.3, 0.4) is 0 Å². The average Bonchev–Trinajstić information content (AvgIpc) is 3.15. The normalized spacial score (nSPS) is 18.6.